The smallest absolute Gasteiger partial charge is 0.131 e. The van der Waals surface area contributed by atoms with Crippen molar-refractivity contribution in [3.05, 3.63) is 40.1 Å². The average molecular weight is 258 g/mol. The fourth-order valence-electron chi connectivity index (χ4n) is 1.05. The minimum absolute atomic E-state index is 0.202. The van der Waals surface area contributed by atoms with Gasteiger partial charge in [0.05, 0.1) is 0 Å². The second-order valence-corrected chi connectivity index (χ2v) is 3.79. The lowest BCUT2D eigenvalue weighted by Gasteiger charge is -1.98. The van der Waals surface area contributed by atoms with Crippen LogP contribution >= 0.6 is 15.9 Å². The largest absolute Gasteiger partial charge is 0.314 e. The maximum atomic E-state index is 13.3. The predicted octanol–water partition coefficient (Wildman–Crippen LogP) is 3.21. The lowest BCUT2D eigenvalue weighted by Crippen LogP contribution is -2.11. The maximum Gasteiger partial charge on any atom is 0.131 e. The number of rotatable bonds is 4. The van der Waals surface area contributed by atoms with E-state index in [0.717, 1.165) is 17.6 Å². The molecule has 0 aliphatic heterocycles. The van der Waals surface area contributed by atoms with Crippen molar-refractivity contribution in [1.82, 2.24) is 5.32 Å². The Labute approximate surface area is 92.1 Å². The summed E-state index contributed by atoms with van der Waals surface area (Å²) in [6, 6.07) is 5.05. The van der Waals surface area contributed by atoms with Crippen molar-refractivity contribution in [2.45, 2.75) is 6.92 Å². The Morgan fingerprint density at radius 3 is 2.93 bits per heavy atom. The highest BCUT2D eigenvalue weighted by atomic mass is 79.9. The number of halogens is 2. The molecule has 1 aromatic carbocycles. The predicted molar refractivity (Wildman–Crippen MR) is 61.7 cm³/mol. The van der Waals surface area contributed by atoms with Gasteiger partial charge in [0.1, 0.15) is 5.82 Å². The molecule has 0 bridgehead atoms. The Morgan fingerprint density at radius 2 is 2.29 bits per heavy atom. The number of nitrogens with one attached hydrogen (secondary N) is 1. The summed E-state index contributed by atoms with van der Waals surface area (Å²) in [7, 11) is 0. The minimum atomic E-state index is -0.202. The molecule has 0 heterocycles. The van der Waals surface area contributed by atoms with Crippen molar-refractivity contribution in [2.75, 3.05) is 13.1 Å². The second-order valence-electron chi connectivity index (χ2n) is 2.88. The van der Waals surface area contributed by atoms with Crippen LogP contribution in [0.4, 0.5) is 4.39 Å². The summed E-state index contributed by atoms with van der Waals surface area (Å²) in [5, 5.41) is 3.13. The summed E-state index contributed by atoms with van der Waals surface area (Å²) in [5.74, 6) is -0.202. The van der Waals surface area contributed by atoms with Crippen LogP contribution in [-0.4, -0.2) is 13.1 Å². The normalized spacial score (nSPS) is 11.1. The SMILES string of the molecule is CCNCC=Cc1ccc(Br)cc1F. The molecule has 1 aromatic rings. The van der Waals surface area contributed by atoms with Crippen molar-refractivity contribution in [1.29, 1.82) is 0 Å². The third-order valence-corrected chi connectivity index (χ3v) is 2.27. The molecule has 0 spiro atoms. The van der Waals surface area contributed by atoms with Gasteiger partial charge in [-0.25, -0.2) is 4.39 Å². The molecule has 0 aliphatic rings. The van der Waals surface area contributed by atoms with Gasteiger partial charge >= 0.3 is 0 Å². The highest BCUT2D eigenvalue weighted by Crippen LogP contribution is 2.16. The zero-order valence-corrected chi connectivity index (χ0v) is 9.64. The standard InChI is InChI=1S/C11H13BrFN/c1-2-14-7-3-4-9-5-6-10(12)8-11(9)13/h3-6,8,14H,2,7H2,1H3. The first-order chi connectivity index (χ1) is 6.74. The van der Waals surface area contributed by atoms with E-state index in [4.69, 9.17) is 0 Å². The number of benzene rings is 1. The quantitative estimate of drug-likeness (QED) is 0.818. The van der Waals surface area contributed by atoms with Crippen LogP contribution < -0.4 is 5.32 Å². The fourth-order valence-corrected chi connectivity index (χ4v) is 1.38. The molecule has 0 aliphatic carbocycles. The Kier molecular flexibility index (Phi) is 4.84. The van der Waals surface area contributed by atoms with E-state index in [1.54, 1.807) is 12.1 Å². The van der Waals surface area contributed by atoms with Gasteiger partial charge in [-0.1, -0.05) is 41.1 Å². The van der Waals surface area contributed by atoms with E-state index in [2.05, 4.69) is 21.2 Å². The molecule has 1 N–H and O–H groups in total. The summed E-state index contributed by atoms with van der Waals surface area (Å²) in [5.41, 5.74) is 0.617. The highest BCUT2D eigenvalue weighted by molar-refractivity contribution is 9.10. The van der Waals surface area contributed by atoms with Crippen LogP contribution in [0.1, 0.15) is 12.5 Å². The number of hydrogen-bond donors (Lipinski definition) is 1. The first kappa shape index (κ1) is 11.4. The summed E-state index contributed by atoms with van der Waals surface area (Å²) >= 11 is 3.21. The molecular weight excluding hydrogens is 245 g/mol. The van der Waals surface area contributed by atoms with E-state index in [1.165, 1.54) is 6.07 Å². The van der Waals surface area contributed by atoms with Crippen molar-refractivity contribution in [2.24, 2.45) is 0 Å². The molecular formula is C11H13BrFN. The third kappa shape index (κ3) is 3.60. The third-order valence-electron chi connectivity index (χ3n) is 1.77. The van der Waals surface area contributed by atoms with Crippen LogP contribution in [0.3, 0.4) is 0 Å². The maximum absolute atomic E-state index is 13.3. The van der Waals surface area contributed by atoms with Crippen molar-refractivity contribution >= 4 is 22.0 Å². The molecule has 0 amide bonds. The first-order valence-corrected chi connectivity index (χ1v) is 5.35. The van der Waals surface area contributed by atoms with Crippen molar-refractivity contribution < 1.29 is 4.39 Å². The van der Waals surface area contributed by atoms with Gasteiger partial charge in [0.2, 0.25) is 0 Å². The fraction of sp³-hybridized carbons (Fsp3) is 0.273. The van der Waals surface area contributed by atoms with Gasteiger partial charge < -0.3 is 5.32 Å². The first-order valence-electron chi connectivity index (χ1n) is 4.56. The molecule has 1 rings (SSSR count). The van der Waals surface area contributed by atoms with Crippen LogP contribution in [0.5, 0.6) is 0 Å². The summed E-state index contributed by atoms with van der Waals surface area (Å²) in [4.78, 5) is 0. The Hall–Kier alpha value is -0.670. The van der Waals surface area contributed by atoms with Crippen LogP contribution in [0, 0.1) is 5.82 Å². The van der Waals surface area contributed by atoms with E-state index in [-0.39, 0.29) is 5.82 Å². The molecule has 0 saturated carbocycles. The molecule has 0 aromatic heterocycles. The Morgan fingerprint density at radius 1 is 1.50 bits per heavy atom. The molecule has 3 heteroatoms. The molecule has 0 atom stereocenters. The molecule has 76 valence electrons. The lowest BCUT2D eigenvalue weighted by atomic mass is 10.2. The van der Waals surface area contributed by atoms with E-state index >= 15 is 0 Å². The van der Waals surface area contributed by atoms with Gasteiger partial charge in [-0.05, 0) is 18.7 Å². The summed E-state index contributed by atoms with van der Waals surface area (Å²) in [6.45, 7) is 3.73. The van der Waals surface area contributed by atoms with Gasteiger partial charge in [-0.2, -0.15) is 0 Å². The van der Waals surface area contributed by atoms with Crippen molar-refractivity contribution in [3.8, 4) is 0 Å². The van der Waals surface area contributed by atoms with Gasteiger partial charge in [0.25, 0.3) is 0 Å². The molecule has 0 unspecified atom stereocenters. The monoisotopic (exact) mass is 257 g/mol. The minimum Gasteiger partial charge on any atom is -0.314 e. The summed E-state index contributed by atoms with van der Waals surface area (Å²) < 4.78 is 14.0. The van der Waals surface area contributed by atoms with Crippen LogP contribution in [0.25, 0.3) is 6.08 Å². The van der Waals surface area contributed by atoms with Gasteiger partial charge in [-0.15, -0.1) is 0 Å². The number of hydrogen-bond acceptors (Lipinski definition) is 1. The Bertz CT molecular complexity index is 323. The van der Waals surface area contributed by atoms with Gasteiger partial charge in [0.15, 0.2) is 0 Å². The molecule has 0 saturated heterocycles. The van der Waals surface area contributed by atoms with Crippen molar-refractivity contribution in [3.63, 3.8) is 0 Å². The molecule has 1 nitrogen and oxygen atoms in total. The van der Waals surface area contributed by atoms with E-state index < -0.39 is 0 Å². The molecule has 14 heavy (non-hydrogen) atoms. The van der Waals surface area contributed by atoms with E-state index in [0.29, 0.717) is 5.56 Å². The number of likely N-dealkylation sites (N-methyl/N-ethyl adjacent to an activating group) is 1. The van der Waals surface area contributed by atoms with Gasteiger partial charge in [0, 0.05) is 16.6 Å². The summed E-state index contributed by atoms with van der Waals surface area (Å²) in [6.07, 6.45) is 3.69. The van der Waals surface area contributed by atoms with Gasteiger partial charge in [-0.3, -0.25) is 0 Å². The van der Waals surface area contributed by atoms with E-state index in [1.807, 2.05) is 19.1 Å². The lowest BCUT2D eigenvalue weighted by molar-refractivity contribution is 0.624. The molecule has 0 fully saturated rings. The van der Waals surface area contributed by atoms with E-state index in [9.17, 15) is 4.39 Å². The zero-order chi connectivity index (χ0) is 10.4. The van der Waals surface area contributed by atoms with Crippen LogP contribution in [0.2, 0.25) is 0 Å². The Balaban J connectivity index is 2.62. The highest BCUT2D eigenvalue weighted by Gasteiger charge is 1.97. The average Bonchev–Trinajstić information content (AvgIpc) is 2.15. The topological polar surface area (TPSA) is 12.0 Å². The van der Waals surface area contributed by atoms with Crippen LogP contribution in [-0.2, 0) is 0 Å². The second kappa shape index (κ2) is 5.94. The van der Waals surface area contributed by atoms with Crippen LogP contribution in [0.15, 0.2) is 28.7 Å². The zero-order valence-electron chi connectivity index (χ0n) is 8.06. The molecule has 0 radical (unpaired) electrons.